The molecule has 128 valence electrons. The van der Waals surface area contributed by atoms with Gasteiger partial charge in [-0.05, 0) is 38.4 Å². The summed E-state index contributed by atoms with van der Waals surface area (Å²) in [6, 6.07) is 7.50. The number of rotatable bonds is 5. The average molecular weight is 349 g/mol. The molecule has 1 fully saturated rings. The van der Waals surface area contributed by atoms with Crippen LogP contribution in [0.15, 0.2) is 34.9 Å². The van der Waals surface area contributed by atoms with Gasteiger partial charge in [-0.3, -0.25) is 9.69 Å². The van der Waals surface area contributed by atoms with Gasteiger partial charge in [-0.1, -0.05) is 23.7 Å². The molecule has 2 heterocycles. The first-order valence-corrected chi connectivity index (χ1v) is 8.63. The molecule has 1 unspecified atom stereocenters. The van der Waals surface area contributed by atoms with Crippen LogP contribution in [0, 0.1) is 5.92 Å². The minimum Gasteiger partial charge on any atom is -0.466 e. The Kier molecular flexibility index (Phi) is 5.53. The lowest BCUT2D eigenvalue weighted by Crippen LogP contribution is -2.39. The minimum absolute atomic E-state index is 0.0546. The molecule has 6 heteroatoms. The minimum atomic E-state index is -0.103. The molecule has 0 bridgehead atoms. The third kappa shape index (κ3) is 4.16. The normalized spacial score (nSPS) is 18.5. The molecule has 3 rings (SSSR count). The van der Waals surface area contributed by atoms with Crippen molar-refractivity contribution in [1.82, 2.24) is 9.88 Å². The number of oxazole rings is 1. The molecule has 2 aromatic rings. The molecular weight excluding hydrogens is 328 g/mol. The van der Waals surface area contributed by atoms with Gasteiger partial charge in [0.1, 0.15) is 0 Å². The fourth-order valence-electron chi connectivity index (χ4n) is 3.00. The van der Waals surface area contributed by atoms with Crippen LogP contribution in [0.5, 0.6) is 0 Å². The Balaban J connectivity index is 1.63. The van der Waals surface area contributed by atoms with Crippen LogP contribution in [0.3, 0.4) is 0 Å². The van der Waals surface area contributed by atoms with Gasteiger partial charge in [-0.2, -0.15) is 0 Å². The lowest BCUT2D eigenvalue weighted by molar-refractivity contribution is -0.150. The molecule has 0 spiro atoms. The van der Waals surface area contributed by atoms with Gasteiger partial charge in [-0.15, -0.1) is 0 Å². The van der Waals surface area contributed by atoms with Gasteiger partial charge in [-0.25, -0.2) is 4.98 Å². The second kappa shape index (κ2) is 7.81. The quantitative estimate of drug-likeness (QED) is 0.770. The van der Waals surface area contributed by atoms with Gasteiger partial charge < -0.3 is 9.15 Å². The number of carbonyl (C=O) groups excluding carboxylic acids is 1. The third-order valence-corrected chi connectivity index (χ3v) is 4.38. The summed E-state index contributed by atoms with van der Waals surface area (Å²) in [5.74, 6) is 1.19. The van der Waals surface area contributed by atoms with Crippen molar-refractivity contribution >= 4 is 17.6 Å². The van der Waals surface area contributed by atoms with Crippen LogP contribution in [-0.4, -0.2) is 35.5 Å². The Hall–Kier alpha value is -1.85. The lowest BCUT2D eigenvalue weighted by atomic mass is 9.98. The van der Waals surface area contributed by atoms with Crippen molar-refractivity contribution in [3.05, 3.63) is 41.4 Å². The highest BCUT2D eigenvalue weighted by Gasteiger charge is 2.27. The van der Waals surface area contributed by atoms with Gasteiger partial charge >= 0.3 is 5.97 Å². The number of ether oxygens (including phenoxy) is 1. The third-order valence-electron chi connectivity index (χ3n) is 4.15. The summed E-state index contributed by atoms with van der Waals surface area (Å²) in [5, 5.41) is 0.666. The van der Waals surface area contributed by atoms with Gasteiger partial charge in [0.2, 0.25) is 5.89 Å². The summed E-state index contributed by atoms with van der Waals surface area (Å²) in [6.45, 7) is 4.48. The highest BCUT2D eigenvalue weighted by molar-refractivity contribution is 6.30. The van der Waals surface area contributed by atoms with E-state index < -0.39 is 0 Å². The van der Waals surface area contributed by atoms with E-state index in [-0.39, 0.29) is 11.9 Å². The van der Waals surface area contributed by atoms with E-state index in [4.69, 9.17) is 20.8 Å². The maximum atomic E-state index is 11.9. The SMILES string of the molecule is CCOC(=O)C1CCCN(Cc2ncc(-c3cccc(Cl)c3)o2)C1. The molecule has 1 aliphatic rings. The maximum Gasteiger partial charge on any atom is 0.310 e. The number of nitrogens with zero attached hydrogens (tertiary/aromatic N) is 2. The Morgan fingerprint density at radius 2 is 2.38 bits per heavy atom. The van der Waals surface area contributed by atoms with E-state index in [1.54, 1.807) is 6.20 Å². The predicted octanol–water partition coefficient (Wildman–Crippen LogP) is 3.77. The van der Waals surface area contributed by atoms with E-state index in [0.29, 0.717) is 36.4 Å². The Morgan fingerprint density at radius 3 is 3.17 bits per heavy atom. The molecule has 0 radical (unpaired) electrons. The average Bonchev–Trinajstić information content (AvgIpc) is 3.04. The van der Waals surface area contributed by atoms with Crippen molar-refractivity contribution in [2.45, 2.75) is 26.3 Å². The fourth-order valence-corrected chi connectivity index (χ4v) is 3.19. The Morgan fingerprint density at radius 1 is 1.50 bits per heavy atom. The molecule has 5 nitrogen and oxygen atoms in total. The molecule has 1 aromatic heterocycles. The number of hydrogen-bond donors (Lipinski definition) is 0. The molecule has 0 saturated carbocycles. The van der Waals surface area contributed by atoms with Crippen molar-refractivity contribution in [1.29, 1.82) is 0 Å². The molecule has 0 aliphatic carbocycles. The number of hydrogen-bond acceptors (Lipinski definition) is 5. The maximum absolute atomic E-state index is 11.9. The zero-order valence-corrected chi connectivity index (χ0v) is 14.5. The van der Waals surface area contributed by atoms with E-state index in [9.17, 15) is 4.79 Å². The predicted molar refractivity (Wildman–Crippen MR) is 91.6 cm³/mol. The lowest BCUT2D eigenvalue weighted by Gasteiger charge is -2.30. The van der Waals surface area contributed by atoms with Crippen LogP contribution in [0.4, 0.5) is 0 Å². The second-order valence-electron chi connectivity index (χ2n) is 5.95. The first-order valence-electron chi connectivity index (χ1n) is 8.25. The monoisotopic (exact) mass is 348 g/mol. The topological polar surface area (TPSA) is 55.6 Å². The molecule has 1 aliphatic heterocycles. The highest BCUT2D eigenvalue weighted by Crippen LogP contribution is 2.25. The highest BCUT2D eigenvalue weighted by atomic mass is 35.5. The van der Waals surface area contributed by atoms with Gasteiger partial charge in [0.05, 0.1) is 25.3 Å². The molecule has 0 N–H and O–H groups in total. The number of benzene rings is 1. The number of piperidine rings is 1. The summed E-state index contributed by atoms with van der Waals surface area (Å²) >= 11 is 6.01. The van der Waals surface area contributed by atoms with E-state index in [2.05, 4.69) is 9.88 Å². The van der Waals surface area contributed by atoms with Crippen LogP contribution >= 0.6 is 11.6 Å². The van der Waals surface area contributed by atoms with Crippen LogP contribution in [-0.2, 0) is 16.1 Å². The van der Waals surface area contributed by atoms with Crippen molar-refractivity contribution in [2.75, 3.05) is 19.7 Å². The van der Waals surface area contributed by atoms with Crippen molar-refractivity contribution in [3.8, 4) is 11.3 Å². The van der Waals surface area contributed by atoms with Crippen LogP contribution < -0.4 is 0 Å². The summed E-state index contributed by atoms with van der Waals surface area (Å²) in [4.78, 5) is 18.5. The molecule has 0 amide bonds. The molecule has 1 atom stereocenters. The summed E-state index contributed by atoms with van der Waals surface area (Å²) in [5.41, 5.74) is 0.907. The number of carbonyl (C=O) groups is 1. The first-order chi connectivity index (χ1) is 11.7. The van der Waals surface area contributed by atoms with E-state index >= 15 is 0 Å². The van der Waals surface area contributed by atoms with Gasteiger partial charge in [0.25, 0.3) is 0 Å². The van der Waals surface area contributed by atoms with Gasteiger partial charge in [0, 0.05) is 17.1 Å². The van der Waals surface area contributed by atoms with E-state index in [1.807, 2.05) is 31.2 Å². The Bertz CT molecular complexity index is 701. The van der Waals surface area contributed by atoms with Crippen LogP contribution in [0.25, 0.3) is 11.3 Å². The van der Waals surface area contributed by atoms with Crippen LogP contribution in [0.1, 0.15) is 25.7 Å². The number of likely N-dealkylation sites (tertiary alicyclic amines) is 1. The smallest absolute Gasteiger partial charge is 0.310 e. The molecule has 1 aromatic carbocycles. The van der Waals surface area contributed by atoms with E-state index in [0.717, 1.165) is 24.9 Å². The number of esters is 1. The van der Waals surface area contributed by atoms with E-state index in [1.165, 1.54) is 0 Å². The zero-order valence-electron chi connectivity index (χ0n) is 13.7. The fraction of sp³-hybridized carbons (Fsp3) is 0.444. The summed E-state index contributed by atoms with van der Waals surface area (Å²) in [7, 11) is 0. The largest absolute Gasteiger partial charge is 0.466 e. The number of aromatic nitrogens is 1. The summed E-state index contributed by atoms with van der Waals surface area (Å²) in [6.07, 6.45) is 3.58. The summed E-state index contributed by atoms with van der Waals surface area (Å²) < 4.78 is 11.0. The van der Waals surface area contributed by atoms with Crippen molar-refractivity contribution in [3.63, 3.8) is 0 Å². The standard InChI is InChI=1S/C18H21ClN2O3/c1-2-23-18(22)14-6-4-8-21(11-14)12-17-20-10-16(24-17)13-5-3-7-15(19)9-13/h3,5,7,9-10,14H,2,4,6,8,11-12H2,1H3. The number of halogens is 1. The van der Waals surface area contributed by atoms with Crippen molar-refractivity contribution < 1.29 is 13.9 Å². The molecule has 24 heavy (non-hydrogen) atoms. The molecular formula is C18H21ClN2O3. The second-order valence-corrected chi connectivity index (χ2v) is 6.39. The van der Waals surface area contributed by atoms with Crippen molar-refractivity contribution in [2.24, 2.45) is 5.92 Å². The van der Waals surface area contributed by atoms with Gasteiger partial charge in [0.15, 0.2) is 5.76 Å². The van der Waals surface area contributed by atoms with Crippen LogP contribution in [0.2, 0.25) is 5.02 Å². The molecule has 1 saturated heterocycles. The zero-order chi connectivity index (χ0) is 16.9. The Labute approximate surface area is 146 Å². The first kappa shape index (κ1) is 17.0.